The van der Waals surface area contributed by atoms with Gasteiger partial charge in [-0.25, -0.2) is 0 Å². The van der Waals surface area contributed by atoms with E-state index in [0.29, 0.717) is 24.0 Å². The van der Waals surface area contributed by atoms with Gasteiger partial charge in [-0.2, -0.15) is 0 Å². The van der Waals surface area contributed by atoms with Gasteiger partial charge in [0.1, 0.15) is 6.10 Å². The van der Waals surface area contributed by atoms with E-state index in [-0.39, 0.29) is 11.9 Å². The van der Waals surface area contributed by atoms with Crippen molar-refractivity contribution in [2.45, 2.75) is 51.6 Å². The molecule has 1 aromatic carbocycles. The van der Waals surface area contributed by atoms with E-state index in [0.717, 1.165) is 18.4 Å². The van der Waals surface area contributed by atoms with Crippen LogP contribution in [-0.4, -0.2) is 18.5 Å². The van der Waals surface area contributed by atoms with Crippen molar-refractivity contribution in [1.82, 2.24) is 0 Å². The van der Waals surface area contributed by atoms with Gasteiger partial charge in [-0.15, -0.1) is 0 Å². The highest BCUT2D eigenvalue weighted by Crippen LogP contribution is 2.29. The van der Waals surface area contributed by atoms with E-state index >= 15 is 0 Å². The number of hydrogen-bond acceptors (Lipinski definition) is 2. The Labute approximate surface area is 126 Å². The Hall–Kier alpha value is -0.860. The molecule has 0 amide bonds. The lowest BCUT2D eigenvalue weighted by Crippen LogP contribution is -2.35. The molecule has 1 fully saturated rings. The maximum absolute atomic E-state index is 12.6. The molecule has 0 heterocycles. The fraction of sp³-hybridized carbons (Fsp3) is 0.588. The van der Waals surface area contributed by atoms with E-state index in [9.17, 15) is 4.79 Å². The predicted octanol–water partition coefficient (Wildman–Crippen LogP) is 4.44. The Morgan fingerprint density at radius 2 is 2.00 bits per heavy atom. The van der Waals surface area contributed by atoms with Crippen molar-refractivity contribution in [3.8, 4) is 0 Å². The number of rotatable bonds is 6. The number of ketones is 1. The largest absolute Gasteiger partial charge is 0.370 e. The summed E-state index contributed by atoms with van der Waals surface area (Å²) >= 11 is 6.14. The normalized spacial score (nSPS) is 17.9. The van der Waals surface area contributed by atoms with Crippen molar-refractivity contribution in [3.05, 3.63) is 34.9 Å². The van der Waals surface area contributed by atoms with Crippen LogP contribution in [-0.2, 0) is 16.0 Å². The van der Waals surface area contributed by atoms with E-state index in [1.54, 1.807) is 0 Å². The predicted molar refractivity (Wildman–Crippen MR) is 82.2 cm³/mol. The number of benzene rings is 1. The van der Waals surface area contributed by atoms with Gasteiger partial charge < -0.3 is 4.74 Å². The Bertz CT molecular complexity index is 438. The molecule has 0 N–H and O–H groups in total. The molecule has 0 saturated heterocycles. The summed E-state index contributed by atoms with van der Waals surface area (Å²) in [5.74, 6) is 0.561. The molecule has 20 heavy (non-hydrogen) atoms. The third-order valence-corrected chi connectivity index (χ3v) is 4.43. The second-order valence-electron chi connectivity index (χ2n) is 5.51. The van der Waals surface area contributed by atoms with Gasteiger partial charge >= 0.3 is 0 Å². The minimum atomic E-state index is -0.253. The summed E-state index contributed by atoms with van der Waals surface area (Å²) in [5.41, 5.74) is 0.902. The zero-order chi connectivity index (χ0) is 14.4. The molecule has 0 radical (unpaired) electrons. The first-order chi connectivity index (χ1) is 9.72. The van der Waals surface area contributed by atoms with Gasteiger partial charge in [-0.1, -0.05) is 49.1 Å². The van der Waals surface area contributed by atoms with Crippen molar-refractivity contribution in [2.75, 3.05) is 6.61 Å². The standard InChI is InChI=1S/C17H23ClO2/c1-2-20-17(13-8-4-3-5-9-13)16(19)12-14-10-6-7-11-15(14)18/h6-7,10-11,13,17H,2-5,8-9,12H2,1H3. The van der Waals surface area contributed by atoms with E-state index in [4.69, 9.17) is 16.3 Å². The van der Waals surface area contributed by atoms with Crippen molar-refractivity contribution >= 4 is 17.4 Å². The lowest BCUT2D eigenvalue weighted by Gasteiger charge is -2.29. The van der Waals surface area contributed by atoms with Gasteiger partial charge in [0.25, 0.3) is 0 Å². The van der Waals surface area contributed by atoms with E-state index in [1.165, 1.54) is 19.3 Å². The van der Waals surface area contributed by atoms with E-state index < -0.39 is 0 Å². The van der Waals surface area contributed by atoms with Gasteiger partial charge in [-0.05, 0) is 37.3 Å². The minimum absolute atomic E-state index is 0.173. The molecule has 2 rings (SSSR count). The lowest BCUT2D eigenvalue weighted by atomic mass is 9.82. The van der Waals surface area contributed by atoms with E-state index in [1.807, 2.05) is 31.2 Å². The molecule has 2 nitrogen and oxygen atoms in total. The third kappa shape index (κ3) is 4.07. The van der Waals surface area contributed by atoms with Crippen molar-refractivity contribution in [2.24, 2.45) is 5.92 Å². The van der Waals surface area contributed by atoms with Crippen LogP contribution in [0.5, 0.6) is 0 Å². The maximum Gasteiger partial charge on any atom is 0.166 e. The lowest BCUT2D eigenvalue weighted by molar-refractivity contribution is -0.134. The molecule has 0 bridgehead atoms. The first-order valence-electron chi connectivity index (χ1n) is 7.60. The van der Waals surface area contributed by atoms with Gasteiger partial charge in [0.15, 0.2) is 5.78 Å². The Morgan fingerprint density at radius 3 is 2.65 bits per heavy atom. The highest BCUT2D eigenvalue weighted by molar-refractivity contribution is 6.31. The third-order valence-electron chi connectivity index (χ3n) is 4.06. The molecule has 1 aromatic rings. The fourth-order valence-corrected chi connectivity index (χ4v) is 3.24. The van der Waals surface area contributed by atoms with Crippen LogP contribution in [0.25, 0.3) is 0 Å². The molecule has 1 unspecified atom stereocenters. The van der Waals surface area contributed by atoms with Crippen molar-refractivity contribution < 1.29 is 9.53 Å². The molecular weight excluding hydrogens is 272 g/mol. The number of hydrogen-bond donors (Lipinski definition) is 0. The molecule has 1 atom stereocenters. The zero-order valence-corrected chi connectivity index (χ0v) is 12.9. The summed E-state index contributed by atoms with van der Waals surface area (Å²) in [4.78, 5) is 12.6. The summed E-state index contributed by atoms with van der Waals surface area (Å²) in [5, 5.41) is 0.666. The summed E-state index contributed by atoms with van der Waals surface area (Å²) in [7, 11) is 0. The highest BCUT2D eigenvalue weighted by Gasteiger charge is 2.30. The Kier molecular flexibility index (Phi) is 6.06. The summed E-state index contributed by atoms with van der Waals surface area (Å²) in [6.07, 6.45) is 6.06. The summed E-state index contributed by atoms with van der Waals surface area (Å²) < 4.78 is 5.76. The average Bonchev–Trinajstić information content (AvgIpc) is 2.48. The molecule has 1 saturated carbocycles. The second kappa shape index (κ2) is 7.80. The van der Waals surface area contributed by atoms with Crippen LogP contribution < -0.4 is 0 Å². The number of carbonyl (C=O) groups is 1. The molecule has 0 aliphatic heterocycles. The summed E-state index contributed by atoms with van der Waals surface area (Å²) in [6.45, 7) is 2.55. The topological polar surface area (TPSA) is 26.3 Å². The van der Waals surface area contributed by atoms with Crippen LogP contribution in [0.3, 0.4) is 0 Å². The van der Waals surface area contributed by atoms with Gasteiger partial charge in [0, 0.05) is 18.1 Å². The van der Waals surface area contributed by atoms with Gasteiger partial charge in [0.05, 0.1) is 0 Å². The van der Waals surface area contributed by atoms with Crippen LogP contribution in [0.4, 0.5) is 0 Å². The molecule has 1 aliphatic carbocycles. The molecular formula is C17H23ClO2. The van der Waals surface area contributed by atoms with Crippen LogP contribution in [0.2, 0.25) is 5.02 Å². The molecule has 110 valence electrons. The van der Waals surface area contributed by atoms with Crippen LogP contribution in [0.15, 0.2) is 24.3 Å². The quantitative estimate of drug-likeness (QED) is 0.775. The second-order valence-corrected chi connectivity index (χ2v) is 5.92. The number of carbonyl (C=O) groups excluding carboxylic acids is 1. The monoisotopic (exact) mass is 294 g/mol. The van der Waals surface area contributed by atoms with Crippen molar-refractivity contribution in [3.63, 3.8) is 0 Å². The maximum atomic E-state index is 12.6. The molecule has 3 heteroatoms. The van der Waals surface area contributed by atoms with Crippen LogP contribution in [0.1, 0.15) is 44.6 Å². The number of ether oxygens (including phenoxy) is 1. The molecule has 0 aromatic heterocycles. The smallest absolute Gasteiger partial charge is 0.166 e. The highest BCUT2D eigenvalue weighted by atomic mass is 35.5. The molecule has 0 spiro atoms. The minimum Gasteiger partial charge on any atom is -0.370 e. The zero-order valence-electron chi connectivity index (χ0n) is 12.1. The van der Waals surface area contributed by atoms with Gasteiger partial charge in [-0.3, -0.25) is 4.79 Å². The summed E-state index contributed by atoms with van der Waals surface area (Å²) in [6, 6.07) is 7.56. The SMILES string of the molecule is CCOC(C(=O)Cc1ccccc1Cl)C1CCCCC1. The van der Waals surface area contributed by atoms with Crippen LogP contribution >= 0.6 is 11.6 Å². The Morgan fingerprint density at radius 1 is 1.30 bits per heavy atom. The molecule has 1 aliphatic rings. The first kappa shape index (κ1) is 15.5. The first-order valence-corrected chi connectivity index (χ1v) is 7.98. The van der Waals surface area contributed by atoms with Crippen LogP contribution in [0, 0.1) is 5.92 Å². The van der Waals surface area contributed by atoms with E-state index in [2.05, 4.69) is 0 Å². The fourth-order valence-electron chi connectivity index (χ4n) is 3.04. The average molecular weight is 295 g/mol. The number of halogens is 1. The van der Waals surface area contributed by atoms with Crippen molar-refractivity contribution in [1.29, 1.82) is 0 Å². The van der Waals surface area contributed by atoms with Gasteiger partial charge in [0.2, 0.25) is 0 Å². The Balaban J connectivity index is 2.04. The number of Topliss-reactive ketones (excluding diaryl/α,β-unsaturated/α-hetero) is 1.